The van der Waals surface area contributed by atoms with Crippen LogP contribution in [0, 0.1) is 0 Å². The molecule has 0 spiro atoms. The monoisotopic (exact) mass is 421 g/mol. The Morgan fingerprint density at radius 3 is 2.13 bits per heavy atom. The quantitative estimate of drug-likeness (QED) is 0.808. The van der Waals surface area contributed by atoms with E-state index in [1.165, 1.54) is 0 Å². The summed E-state index contributed by atoms with van der Waals surface area (Å²) in [6, 6.07) is 13.9. The zero-order valence-electron chi connectivity index (χ0n) is 15.6. The van der Waals surface area contributed by atoms with Crippen LogP contribution in [0.5, 0.6) is 0 Å². The van der Waals surface area contributed by atoms with Gasteiger partial charge in [-0.25, -0.2) is 9.59 Å². The number of carbonyl (C=O) groups is 2. The third-order valence-electron chi connectivity index (χ3n) is 5.42. The van der Waals surface area contributed by atoms with E-state index >= 15 is 0 Å². The number of carboxylic acid groups (broad SMARTS) is 1. The van der Waals surface area contributed by atoms with Crippen molar-refractivity contribution in [2.75, 3.05) is 13.2 Å². The Kier molecular flexibility index (Phi) is 5.15. The Hall–Kier alpha value is -3.07. The van der Waals surface area contributed by atoms with Gasteiger partial charge in [0.25, 0.3) is 0 Å². The SMILES string of the molecule is O=C(O)[C@@H]1C[C@H](OC(F)(F)F)CN1C(=O)OCC1c2ccccc2-c2ccccc21. The summed E-state index contributed by atoms with van der Waals surface area (Å²) in [7, 11) is 0. The fourth-order valence-electron chi connectivity index (χ4n) is 4.18. The third kappa shape index (κ3) is 3.85. The Labute approximate surface area is 169 Å². The predicted molar refractivity (Wildman–Crippen MR) is 98.7 cm³/mol. The van der Waals surface area contributed by atoms with Gasteiger partial charge in [0.05, 0.1) is 12.6 Å². The van der Waals surface area contributed by atoms with E-state index in [2.05, 4.69) is 4.74 Å². The number of hydrogen-bond acceptors (Lipinski definition) is 4. The van der Waals surface area contributed by atoms with Crippen LogP contribution in [0.2, 0.25) is 0 Å². The number of likely N-dealkylation sites (tertiary alicyclic amines) is 1. The van der Waals surface area contributed by atoms with Crippen LogP contribution in [-0.4, -0.2) is 53.7 Å². The summed E-state index contributed by atoms with van der Waals surface area (Å²) in [5, 5.41) is 9.30. The van der Waals surface area contributed by atoms with Crippen molar-refractivity contribution in [2.45, 2.75) is 30.8 Å². The van der Waals surface area contributed by atoms with Gasteiger partial charge in [0.1, 0.15) is 12.6 Å². The average Bonchev–Trinajstić information content (AvgIpc) is 3.24. The Morgan fingerprint density at radius 1 is 1.03 bits per heavy atom. The van der Waals surface area contributed by atoms with Crippen LogP contribution in [0.4, 0.5) is 18.0 Å². The van der Waals surface area contributed by atoms with Crippen molar-refractivity contribution in [3.8, 4) is 11.1 Å². The van der Waals surface area contributed by atoms with Crippen LogP contribution in [0.25, 0.3) is 11.1 Å². The second-order valence-electron chi connectivity index (χ2n) is 7.23. The fourth-order valence-corrected chi connectivity index (χ4v) is 4.18. The van der Waals surface area contributed by atoms with Gasteiger partial charge in [0.2, 0.25) is 0 Å². The molecule has 0 aromatic heterocycles. The summed E-state index contributed by atoms with van der Waals surface area (Å²) in [6.07, 6.45) is -7.80. The number of amides is 1. The van der Waals surface area contributed by atoms with E-state index in [0.717, 1.165) is 27.2 Å². The number of carbonyl (C=O) groups excluding carboxylic acids is 1. The standard InChI is InChI=1S/C21H18F3NO5/c22-21(23,24)30-12-9-18(19(26)27)25(10-12)20(28)29-11-17-15-7-3-1-5-13(15)14-6-2-4-8-16(14)17/h1-8,12,17-18H,9-11H2,(H,26,27)/t12-,18-/m0/s1. The summed E-state index contributed by atoms with van der Waals surface area (Å²) in [5.41, 5.74) is 4.00. The van der Waals surface area contributed by atoms with Gasteiger partial charge < -0.3 is 9.84 Å². The van der Waals surface area contributed by atoms with Crippen LogP contribution in [0.3, 0.4) is 0 Å². The van der Waals surface area contributed by atoms with Gasteiger partial charge >= 0.3 is 18.4 Å². The number of rotatable bonds is 4. The average molecular weight is 421 g/mol. The molecule has 0 saturated carbocycles. The number of hydrogen-bond donors (Lipinski definition) is 1. The molecule has 1 amide bonds. The van der Waals surface area contributed by atoms with E-state index in [1.807, 2.05) is 48.5 Å². The van der Waals surface area contributed by atoms with Gasteiger partial charge in [0.15, 0.2) is 0 Å². The molecule has 0 unspecified atom stereocenters. The first-order valence-corrected chi connectivity index (χ1v) is 9.33. The number of aliphatic carboxylic acids is 1. The molecule has 1 fully saturated rings. The normalized spacial score (nSPS) is 20.7. The molecular weight excluding hydrogens is 403 g/mol. The lowest BCUT2D eigenvalue weighted by atomic mass is 9.98. The maximum atomic E-state index is 12.6. The van der Waals surface area contributed by atoms with Crippen molar-refractivity contribution < 1.29 is 37.3 Å². The number of halogens is 3. The van der Waals surface area contributed by atoms with Gasteiger partial charge in [-0.3, -0.25) is 9.64 Å². The number of fused-ring (bicyclic) bond motifs is 3. The smallest absolute Gasteiger partial charge is 0.480 e. The van der Waals surface area contributed by atoms with Crippen LogP contribution in [0.15, 0.2) is 48.5 Å². The lowest BCUT2D eigenvalue weighted by molar-refractivity contribution is -0.340. The van der Waals surface area contributed by atoms with Crippen LogP contribution in [0.1, 0.15) is 23.5 Å². The lowest BCUT2D eigenvalue weighted by Gasteiger charge is -2.22. The molecule has 4 rings (SSSR count). The van der Waals surface area contributed by atoms with Crippen LogP contribution >= 0.6 is 0 Å². The highest BCUT2D eigenvalue weighted by Gasteiger charge is 2.45. The molecule has 1 heterocycles. The number of benzene rings is 2. The molecular formula is C21H18F3NO5. The van der Waals surface area contributed by atoms with Crippen LogP contribution < -0.4 is 0 Å². The highest BCUT2D eigenvalue weighted by molar-refractivity contribution is 5.81. The first kappa shape index (κ1) is 20.2. The summed E-state index contributed by atoms with van der Waals surface area (Å²) in [6.45, 7) is -0.562. The summed E-state index contributed by atoms with van der Waals surface area (Å²) < 4.78 is 46.8. The largest absolute Gasteiger partial charge is 0.522 e. The minimum absolute atomic E-state index is 0.0551. The van der Waals surface area contributed by atoms with Gasteiger partial charge in [-0.2, -0.15) is 0 Å². The van der Waals surface area contributed by atoms with E-state index in [0.29, 0.717) is 0 Å². The molecule has 30 heavy (non-hydrogen) atoms. The summed E-state index contributed by atoms with van der Waals surface area (Å²) in [5.74, 6) is -1.65. The van der Waals surface area contributed by atoms with Crippen molar-refractivity contribution in [3.05, 3.63) is 59.7 Å². The number of alkyl halides is 3. The molecule has 158 valence electrons. The highest BCUT2D eigenvalue weighted by Crippen LogP contribution is 2.44. The van der Waals surface area contributed by atoms with E-state index in [4.69, 9.17) is 4.74 Å². The van der Waals surface area contributed by atoms with Gasteiger partial charge in [-0.05, 0) is 22.3 Å². The molecule has 6 nitrogen and oxygen atoms in total. The van der Waals surface area contributed by atoms with Crippen molar-refractivity contribution in [1.82, 2.24) is 4.90 Å². The molecule has 1 aliphatic heterocycles. The van der Waals surface area contributed by atoms with Gasteiger partial charge in [-0.15, -0.1) is 13.2 Å². The second kappa shape index (κ2) is 7.64. The topological polar surface area (TPSA) is 76.1 Å². The van der Waals surface area contributed by atoms with E-state index in [-0.39, 0.29) is 12.5 Å². The molecule has 9 heteroatoms. The molecule has 1 N–H and O–H groups in total. The van der Waals surface area contributed by atoms with Crippen molar-refractivity contribution >= 4 is 12.1 Å². The zero-order chi connectivity index (χ0) is 21.5. The van der Waals surface area contributed by atoms with E-state index in [9.17, 15) is 27.9 Å². The lowest BCUT2D eigenvalue weighted by Crippen LogP contribution is -2.41. The predicted octanol–water partition coefficient (Wildman–Crippen LogP) is 4.00. The van der Waals surface area contributed by atoms with Crippen molar-refractivity contribution in [1.29, 1.82) is 0 Å². The Balaban J connectivity index is 1.48. The Morgan fingerprint density at radius 2 is 1.60 bits per heavy atom. The minimum Gasteiger partial charge on any atom is -0.480 e. The zero-order valence-corrected chi connectivity index (χ0v) is 15.6. The van der Waals surface area contributed by atoms with E-state index < -0.39 is 43.5 Å². The maximum absolute atomic E-state index is 12.6. The van der Waals surface area contributed by atoms with Gasteiger partial charge in [0, 0.05) is 12.3 Å². The number of ether oxygens (including phenoxy) is 2. The number of carboxylic acids is 1. The Bertz CT molecular complexity index is 932. The molecule has 1 aliphatic carbocycles. The van der Waals surface area contributed by atoms with Crippen LogP contribution in [-0.2, 0) is 14.3 Å². The van der Waals surface area contributed by atoms with Crippen molar-refractivity contribution in [3.63, 3.8) is 0 Å². The fraction of sp³-hybridized carbons (Fsp3) is 0.333. The number of nitrogens with zero attached hydrogens (tertiary/aromatic N) is 1. The molecule has 2 aliphatic rings. The third-order valence-corrected chi connectivity index (χ3v) is 5.42. The van der Waals surface area contributed by atoms with E-state index in [1.54, 1.807) is 0 Å². The molecule has 1 saturated heterocycles. The molecule has 2 atom stereocenters. The molecule has 0 bridgehead atoms. The molecule has 2 aromatic carbocycles. The van der Waals surface area contributed by atoms with Gasteiger partial charge in [-0.1, -0.05) is 48.5 Å². The molecule has 2 aromatic rings. The first-order chi connectivity index (χ1) is 14.2. The maximum Gasteiger partial charge on any atom is 0.522 e. The minimum atomic E-state index is -4.91. The summed E-state index contributed by atoms with van der Waals surface area (Å²) in [4.78, 5) is 24.8. The highest BCUT2D eigenvalue weighted by atomic mass is 19.4. The van der Waals surface area contributed by atoms with Crippen molar-refractivity contribution in [2.24, 2.45) is 0 Å². The molecule has 0 radical (unpaired) electrons. The first-order valence-electron chi connectivity index (χ1n) is 9.33. The summed E-state index contributed by atoms with van der Waals surface area (Å²) >= 11 is 0. The second-order valence-corrected chi connectivity index (χ2v) is 7.23.